The van der Waals surface area contributed by atoms with E-state index in [0.29, 0.717) is 23.7 Å². The number of benzene rings is 1. The summed E-state index contributed by atoms with van der Waals surface area (Å²) in [6.07, 6.45) is 3.61. The van der Waals surface area contributed by atoms with Crippen LogP contribution in [0.25, 0.3) is 11.3 Å². The van der Waals surface area contributed by atoms with Gasteiger partial charge < -0.3 is 19.1 Å². The number of aromatic nitrogens is 1. The van der Waals surface area contributed by atoms with Gasteiger partial charge in [0.1, 0.15) is 12.4 Å². The molecule has 7 nitrogen and oxygen atoms in total. The summed E-state index contributed by atoms with van der Waals surface area (Å²) in [5.74, 6) is 0.430. The van der Waals surface area contributed by atoms with Crippen LogP contribution < -0.4 is 4.74 Å². The molecule has 1 aliphatic rings. The number of hydrogen-bond donors (Lipinski definition) is 0. The molecule has 0 N–H and O–H groups in total. The first kappa shape index (κ1) is 27.8. The van der Waals surface area contributed by atoms with Gasteiger partial charge in [-0.3, -0.25) is 4.79 Å². The van der Waals surface area contributed by atoms with Gasteiger partial charge >= 0.3 is 12.1 Å². The number of carbonyl (C=O) groups is 2. The molecular formula is C28H37ClN2O5. The van der Waals surface area contributed by atoms with Crippen LogP contribution in [0.1, 0.15) is 64.1 Å². The molecule has 0 unspecified atom stereocenters. The normalized spacial score (nSPS) is 17.5. The summed E-state index contributed by atoms with van der Waals surface area (Å²) < 4.78 is 17.2. The van der Waals surface area contributed by atoms with E-state index in [0.717, 1.165) is 48.2 Å². The van der Waals surface area contributed by atoms with Crippen LogP contribution in [-0.2, 0) is 20.9 Å². The highest BCUT2D eigenvalue weighted by molar-refractivity contribution is 6.30. The molecule has 2 aromatic rings. The molecule has 1 heterocycles. The van der Waals surface area contributed by atoms with Crippen LogP contribution in [0.2, 0.25) is 5.02 Å². The predicted molar refractivity (Wildman–Crippen MR) is 140 cm³/mol. The van der Waals surface area contributed by atoms with E-state index in [-0.39, 0.29) is 36.8 Å². The monoisotopic (exact) mass is 516 g/mol. The molecule has 2 atom stereocenters. The van der Waals surface area contributed by atoms with Gasteiger partial charge in [-0.05, 0) is 77.1 Å². The fraction of sp³-hybridized carbons (Fsp3) is 0.536. The Morgan fingerprint density at radius 3 is 2.67 bits per heavy atom. The first-order chi connectivity index (χ1) is 17.2. The number of halogens is 1. The van der Waals surface area contributed by atoms with E-state index in [2.05, 4.69) is 0 Å². The molecule has 0 spiro atoms. The lowest BCUT2D eigenvalue weighted by molar-refractivity contribution is -0.154. The summed E-state index contributed by atoms with van der Waals surface area (Å²) in [6.45, 7) is 8.37. The van der Waals surface area contributed by atoms with Crippen LogP contribution >= 0.6 is 11.6 Å². The van der Waals surface area contributed by atoms with Crippen molar-refractivity contribution in [1.29, 1.82) is 0 Å². The first-order valence-electron chi connectivity index (χ1n) is 12.7. The van der Waals surface area contributed by atoms with Gasteiger partial charge in [-0.2, -0.15) is 0 Å². The predicted octanol–water partition coefficient (Wildman–Crippen LogP) is 6.58. The van der Waals surface area contributed by atoms with E-state index < -0.39 is 0 Å². The summed E-state index contributed by atoms with van der Waals surface area (Å²) >= 11 is 6.23. The minimum atomic E-state index is -0.376. The summed E-state index contributed by atoms with van der Waals surface area (Å²) in [6, 6.07) is 9.28. The Morgan fingerprint density at radius 2 is 1.97 bits per heavy atom. The number of amides is 1. The molecule has 0 radical (unpaired) electrons. The van der Waals surface area contributed by atoms with Crippen molar-refractivity contribution in [2.45, 2.75) is 78.6 Å². The Labute approximate surface area is 219 Å². The zero-order chi connectivity index (χ0) is 26.2. The summed E-state index contributed by atoms with van der Waals surface area (Å²) in [7, 11) is 1.72. The second kappa shape index (κ2) is 12.9. The van der Waals surface area contributed by atoms with Crippen LogP contribution in [0.4, 0.5) is 4.79 Å². The SMILES string of the molecule is CCCN(C)C(=O)OCc1cc(Cl)ccc1-c1ccc(O[C@H]2CCC[C@H](C(=O)OC(C)C)C2)c(C)n1. The van der Waals surface area contributed by atoms with Crippen molar-refractivity contribution in [2.24, 2.45) is 5.92 Å². The van der Waals surface area contributed by atoms with Crippen LogP contribution in [0, 0.1) is 12.8 Å². The largest absolute Gasteiger partial charge is 0.489 e. The Morgan fingerprint density at radius 1 is 1.19 bits per heavy atom. The van der Waals surface area contributed by atoms with Crippen molar-refractivity contribution in [3.63, 3.8) is 0 Å². The maximum absolute atomic E-state index is 12.4. The second-order valence-electron chi connectivity index (χ2n) is 9.65. The molecule has 1 aromatic heterocycles. The topological polar surface area (TPSA) is 78.0 Å². The molecule has 1 fully saturated rings. The van der Waals surface area contributed by atoms with Gasteiger partial charge in [0.25, 0.3) is 0 Å². The molecule has 0 aliphatic heterocycles. The van der Waals surface area contributed by atoms with Gasteiger partial charge in [0.2, 0.25) is 0 Å². The maximum atomic E-state index is 12.4. The first-order valence-corrected chi connectivity index (χ1v) is 13.1. The number of nitrogens with zero attached hydrogens (tertiary/aromatic N) is 2. The fourth-order valence-corrected chi connectivity index (χ4v) is 4.60. The Kier molecular flexibility index (Phi) is 9.99. The van der Waals surface area contributed by atoms with Crippen molar-refractivity contribution >= 4 is 23.7 Å². The third-order valence-electron chi connectivity index (χ3n) is 6.21. The average Bonchev–Trinajstić information content (AvgIpc) is 2.84. The average molecular weight is 517 g/mol. The molecule has 1 aromatic carbocycles. The summed E-state index contributed by atoms with van der Waals surface area (Å²) in [5, 5.41) is 0.561. The maximum Gasteiger partial charge on any atom is 0.409 e. The molecule has 1 amide bonds. The van der Waals surface area contributed by atoms with E-state index in [1.54, 1.807) is 24.1 Å². The van der Waals surface area contributed by atoms with Crippen molar-refractivity contribution in [3.05, 3.63) is 46.6 Å². The van der Waals surface area contributed by atoms with Crippen LogP contribution in [0.15, 0.2) is 30.3 Å². The van der Waals surface area contributed by atoms with Crippen LogP contribution in [-0.4, -0.2) is 47.7 Å². The van der Waals surface area contributed by atoms with Crippen LogP contribution in [0.5, 0.6) is 5.75 Å². The molecule has 1 aliphatic carbocycles. The fourth-order valence-electron chi connectivity index (χ4n) is 4.40. The number of pyridine rings is 1. The second-order valence-corrected chi connectivity index (χ2v) is 10.1. The Hall–Kier alpha value is -2.80. The Balaban J connectivity index is 1.71. The van der Waals surface area contributed by atoms with Gasteiger partial charge in [0, 0.05) is 29.7 Å². The molecule has 36 heavy (non-hydrogen) atoms. The molecule has 196 valence electrons. The molecule has 3 rings (SSSR count). The minimum Gasteiger partial charge on any atom is -0.489 e. The molecule has 0 saturated heterocycles. The molecule has 8 heteroatoms. The van der Waals surface area contributed by atoms with E-state index in [4.69, 9.17) is 30.8 Å². The number of hydrogen-bond acceptors (Lipinski definition) is 6. The zero-order valence-electron chi connectivity index (χ0n) is 21.9. The minimum absolute atomic E-state index is 0.0552. The van der Waals surface area contributed by atoms with Crippen molar-refractivity contribution in [3.8, 4) is 17.0 Å². The standard InChI is InChI=1S/C28H37ClN2O5/c1-6-14-31(5)28(33)34-17-21-15-22(29)10-11-24(21)25-12-13-26(19(4)30-25)36-23-9-7-8-20(16-23)27(32)35-18(2)3/h10-13,15,18,20,23H,6-9,14,16-17H2,1-5H3/t20-,23-/m0/s1. The van der Waals surface area contributed by atoms with Crippen molar-refractivity contribution < 1.29 is 23.8 Å². The summed E-state index contributed by atoms with van der Waals surface area (Å²) in [5.41, 5.74) is 3.11. The number of ether oxygens (including phenoxy) is 3. The highest BCUT2D eigenvalue weighted by Gasteiger charge is 2.30. The molecule has 1 saturated carbocycles. The van der Waals surface area contributed by atoms with Gasteiger partial charge in [-0.1, -0.05) is 24.6 Å². The van der Waals surface area contributed by atoms with Gasteiger partial charge in [-0.15, -0.1) is 0 Å². The Bertz CT molecular complexity index is 1060. The summed E-state index contributed by atoms with van der Waals surface area (Å²) in [4.78, 5) is 30.9. The quantitative estimate of drug-likeness (QED) is 0.350. The lowest BCUT2D eigenvalue weighted by Crippen LogP contribution is -2.31. The van der Waals surface area contributed by atoms with Gasteiger partial charge in [-0.25, -0.2) is 9.78 Å². The van der Waals surface area contributed by atoms with E-state index in [1.807, 2.05) is 45.9 Å². The lowest BCUT2D eigenvalue weighted by Gasteiger charge is -2.29. The third-order valence-corrected chi connectivity index (χ3v) is 6.44. The highest BCUT2D eigenvalue weighted by Crippen LogP contribution is 2.32. The van der Waals surface area contributed by atoms with E-state index in [1.165, 1.54) is 0 Å². The highest BCUT2D eigenvalue weighted by atomic mass is 35.5. The zero-order valence-corrected chi connectivity index (χ0v) is 22.6. The van der Waals surface area contributed by atoms with Gasteiger partial charge in [0.05, 0.1) is 29.5 Å². The van der Waals surface area contributed by atoms with E-state index >= 15 is 0 Å². The molecule has 0 bridgehead atoms. The number of carbonyl (C=O) groups excluding carboxylic acids is 2. The smallest absolute Gasteiger partial charge is 0.409 e. The number of esters is 1. The number of aryl methyl sites for hydroxylation is 1. The van der Waals surface area contributed by atoms with Crippen LogP contribution in [0.3, 0.4) is 0 Å². The molecular weight excluding hydrogens is 480 g/mol. The van der Waals surface area contributed by atoms with Crippen molar-refractivity contribution in [1.82, 2.24) is 9.88 Å². The number of rotatable bonds is 9. The lowest BCUT2D eigenvalue weighted by atomic mass is 9.87. The third kappa shape index (κ3) is 7.60. The van der Waals surface area contributed by atoms with Crippen molar-refractivity contribution in [2.75, 3.05) is 13.6 Å². The van der Waals surface area contributed by atoms with E-state index in [9.17, 15) is 9.59 Å². The van der Waals surface area contributed by atoms with Gasteiger partial charge in [0.15, 0.2) is 0 Å².